The minimum absolute atomic E-state index is 0.0209. The molecule has 1 saturated carbocycles. The summed E-state index contributed by atoms with van der Waals surface area (Å²) in [7, 11) is 0. The van der Waals surface area contributed by atoms with Gasteiger partial charge < -0.3 is 9.47 Å². The van der Waals surface area contributed by atoms with E-state index in [2.05, 4.69) is 34.3 Å². The van der Waals surface area contributed by atoms with Crippen molar-refractivity contribution in [1.82, 2.24) is 14.5 Å². The molecule has 4 nitrogen and oxygen atoms in total. The van der Waals surface area contributed by atoms with E-state index in [1.807, 2.05) is 35.2 Å². The third kappa shape index (κ3) is 4.29. The van der Waals surface area contributed by atoms with Gasteiger partial charge in [-0.1, -0.05) is 38.8 Å². The van der Waals surface area contributed by atoms with Crippen LogP contribution in [-0.2, 0) is 6.54 Å². The van der Waals surface area contributed by atoms with E-state index in [4.69, 9.17) is 4.98 Å². The molecule has 30 heavy (non-hydrogen) atoms. The van der Waals surface area contributed by atoms with E-state index >= 15 is 0 Å². The molecule has 2 aromatic carbocycles. The quantitative estimate of drug-likeness (QED) is 0.419. The van der Waals surface area contributed by atoms with Crippen LogP contribution in [0.5, 0.6) is 0 Å². The summed E-state index contributed by atoms with van der Waals surface area (Å²) in [5.74, 6) is 0.850. The van der Waals surface area contributed by atoms with E-state index < -0.39 is 0 Å². The van der Waals surface area contributed by atoms with Crippen LogP contribution < -0.4 is 0 Å². The first kappa shape index (κ1) is 21.0. The number of nitrogens with zero attached hydrogens (tertiary/aromatic N) is 3. The summed E-state index contributed by atoms with van der Waals surface area (Å²) in [5, 5.41) is 0. The van der Waals surface area contributed by atoms with E-state index in [9.17, 15) is 9.18 Å². The monoisotopic (exact) mass is 471 g/mol. The molecule has 1 fully saturated rings. The summed E-state index contributed by atoms with van der Waals surface area (Å²) < 4.78 is 16.9. The van der Waals surface area contributed by atoms with E-state index in [1.165, 1.54) is 25.0 Å². The zero-order valence-corrected chi connectivity index (χ0v) is 19.0. The zero-order valence-electron chi connectivity index (χ0n) is 17.4. The number of aromatic nitrogens is 2. The molecule has 0 saturated heterocycles. The van der Waals surface area contributed by atoms with Gasteiger partial charge in [0.2, 0.25) is 0 Å². The minimum atomic E-state index is -0.284. The summed E-state index contributed by atoms with van der Waals surface area (Å²) in [6.07, 6.45) is 4.57. The molecule has 0 aliphatic heterocycles. The van der Waals surface area contributed by atoms with Gasteiger partial charge in [-0.25, -0.2) is 9.37 Å². The van der Waals surface area contributed by atoms with Gasteiger partial charge in [0.25, 0.3) is 5.91 Å². The Morgan fingerprint density at radius 2 is 1.97 bits per heavy atom. The first-order valence-electron chi connectivity index (χ1n) is 10.6. The Labute approximate surface area is 185 Å². The molecule has 0 spiro atoms. The van der Waals surface area contributed by atoms with Gasteiger partial charge >= 0.3 is 0 Å². The van der Waals surface area contributed by atoms with E-state index in [1.54, 1.807) is 0 Å². The minimum Gasteiger partial charge on any atom is -0.331 e. The van der Waals surface area contributed by atoms with Crippen LogP contribution in [0.4, 0.5) is 4.39 Å². The van der Waals surface area contributed by atoms with Crippen molar-refractivity contribution in [2.24, 2.45) is 5.92 Å². The highest BCUT2D eigenvalue weighted by molar-refractivity contribution is 9.10. The summed E-state index contributed by atoms with van der Waals surface area (Å²) in [6, 6.07) is 12.7. The van der Waals surface area contributed by atoms with Crippen LogP contribution in [0.15, 0.2) is 46.9 Å². The van der Waals surface area contributed by atoms with E-state index in [0.717, 1.165) is 28.7 Å². The smallest absolute Gasteiger partial charge is 0.255 e. The molecule has 0 radical (unpaired) electrons. The van der Waals surface area contributed by atoms with Crippen LogP contribution in [-0.4, -0.2) is 26.9 Å². The highest BCUT2D eigenvalue weighted by Gasteiger charge is 2.26. The third-order valence-electron chi connectivity index (χ3n) is 5.72. The number of imidazole rings is 1. The molecular formula is C24H27BrFN3O. The van der Waals surface area contributed by atoms with Gasteiger partial charge in [0.05, 0.1) is 23.1 Å². The predicted octanol–water partition coefficient (Wildman–Crippen LogP) is 6.35. The van der Waals surface area contributed by atoms with Crippen LogP contribution in [0, 0.1) is 11.7 Å². The van der Waals surface area contributed by atoms with Gasteiger partial charge in [0.1, 0.15) is 11.6 Å². The standard InChI is InChI=1S/C24H27BrFN3O/c1-16(2)14-28(24(30)19-9-5-6-10-20(19)25)15-23-27-21-13-17(26)11-12-22(21)29(23)18-7-3-4-8-18/h5-6,9-13,16,18H,3-4,7-8,14-15H2,1-2H3. The van der Waals surface area contributed by atoms with Crippen LogP contribution in [0.1, 0.15) is 61.8 Å². The Kier molecular flexibility index (Phi) is 6.23. The Bertz CT molecular complexity index is 1060. The Hall–Kier alpha value is -2.21. The lowest BCUT2D eigenvalue weighted by molar-refractivity contribution is 0.0714. The molecule has 3 aromatic rings. The lowest BCUT2D eigenvalue weighted by Crippen LogP contribution is -2.35. The van der Waals surface area contributed by atoms with Gasteiger partial charge in [-0.05, 0) is 59.0 Å². The maximum atomic E-state index is 13.9. The molecule has 6 heteroatoms. The molecule has 0 unspecified atom stereocenters. The average Bonchev–Trinajstić information content (AvgIpc) is 3.34. The van der Waals surface area contributed by atoms with Crippen molar-refractivity contribution in [3.8, 4) is 0 Å². The summed E-state index contributed by atoms with van der Waals surface area (Å²) in [4.78, 5) is 20.1. The second-order valence-electron chi connectivity index (χ2n) is 8.53. The number of benzene rings is 2. The first-order valence-corrected chi connectivity index (χ1v) is 11.4. The second kappa shape index (κ2) is 8.88. The molecule has 158 valence electrons. The number of rotatable bonds is 6. The molecule has 1 aliphatic carbocycles. The van der Waals surface area contributed by atoms with Gasteiger partial charge in [0.15, 0.2) is 0 Å². The number of carbonyl (C=O) groups excluding carboxylic acids is 1. The van der Waals surface area contributed by atoms with Gasteiger partial charge in [-0.2, -0.15) is 0 Å². The number of halogens is 2. The van der Waals surface area contributed by atoms with E-state index in [0.29, 0.717) is 36.1 Å². The fourth-order valence-electron chi connectivity index (χ4n) is 4.44. The fourth-order valence-corrected chi connectivity index (χ4v) is 4.89. The molecule has 1 aliphatic rings. The zero-order chi connectivity index (χ0) is 21.3. The summed E-state index contributed by atoms with van der Waals surface area (Å²) >= 11 is 3.51. The normalized spacial score (nSPS) is 14.7. The number of hydrogen-bond acceptors (Lipinski definition) is 2. The van der Waals surface area contributed by atoms with Gasteiger partial charge in [0, 0.05) is 23.1 Å². The summed E-state index contributed by atoms with van der Waals surface area (Å²) in [6.45, 7) is 5.25. The number of amides is 1. The van der Waals surface area contributed by atoms with Crippen molar-refractivity contribution in [1.29, 1.82) is 0 Å². The van der Waals surface area contributed by atoms with Crippen molar-refractivity contribution in [3.05, 3.63) is 64.1 Å². The maximum Gasteiger partial charge on any atom is 0.255 e. The van der Waals surface area contributed by atoms with Crippen molar-refractivity contribution in [3.63, 3.8) is 0 Å². The molecule has 1 amide bonds. The van der Waals surface area contributed by atoms with Crippen molar-refractivity contribution < 1.29 is 9.18 Å². The van der Waals surface area contributed by atoms with Gasteiger partial charge in [-0.3, -0.25) is 4.79 Å². The molecule has 4 rings (SSSR count). The fraction of sp³-hybridized carbons (Fsp3) is 0.417. The third-order valence-corrected chi connectivity index (χ3v) is 6.42. The average molecular weight is 472 g/mol. The van der Waals surface area contributed by atoms with Crippen LogP contribution >= 0.6 is 15.9 Å². The Morgan fingerprint density at radius 3 is 2.67 bits per heavy atom. The van der Waals surface area contributed by atoms with Gasteiger partial charge in [-0.15, -0.1) is 0 Å². The largest absolute Gasteiger partial charge is 0.331 e. The Morgan fingerprint density at radius 1 is 1.23 bits per heavy atom. The van der Waals surface area contributed by atoms with Crippen molar-refractivity contribution in [2.45, 2.75) is 52.1 Å². The Balaban J connectivity index is 1.74. The number of carbonyl (C=O) groups is 1. The second-order valence-corrected chi connectivity index (χ2v) is 9.38. The van der Waals surface area contributed by atoms with Crippen LogP contribution in [0.2, 0.25) is 0 Å². The van der Waals surface area contributed by atoms with Crippen LogP contribution in [0.3, 0.4) is 0 Å². The highest BCUT2D eigenvalue weighted by atomic mass is 79.9. The lowest BCUT2D eigenvalue weighted by Gasteiger charge is -2.26. The van der Waals surface area contributed by atoms with Crippen molar-refractivity contribution in [2.75, 3.05) is 6.54 Å². The maximum absolute atomic E-state index is 13.9. The highest BCUT2D eigenvalue weighted by Crippen LogP contribution is 2.34. The molecule has 0 bridgehead atoms. The van der Waals surface area contributed by atoms with Crippen molar-refractivity contribution >= 4 is 32.9 Å². The SMILES string of the molecule is CC(C)CN(Cc1nc2cc(F)ccc2n1C1CCCC1)C(=O)c1ccccc1Br. The molecular weight excluding hydrogens is 445 g/mol. The topological polar surface area (TPSA) is 38.1 Å². The van der Waals surface area contributed by atoms with E-state index in [-0.39, 0.29) is 11.7 Å². The molecule has 1 aromatic heterocycles. The molecule has 0 N–H and O–H groups in total. The number of hydrogen-bond donors (Lipinski definition) is 0. The summed E-state index contributed by atoms with van der Waals surface area (Å²) in [5.41, 5.74) is 2.26. The lowest BCUT2D eigenvalue weighted by atomic mass is 10.1. The van der Waals surface area contributed by atoms with Crippen LogP contribution in [0.25, 0.3) is 11.0 Å². The molecule has 0 atom stereocenters. The molecule has 1 heterocycles. The predicted molar refractivity (Wildman–Crippen MR) is 121 cm³/mol. The first-order chi connectivity index (χ1) is 14.4. The number of fused-ring (bicyclic) bond motifs is 1.